The lowest BCUT2D eigenvalue weighted by molar-refractivity contribution is -0.141. The topological polar surface area (TPSA) is 50.2 Å². The van der Waals surface area contributed by atoms with E-state index in [1.54, 1.807) is 6.92 Å². The number of unbranched alkanes of at least 4 members (excludes halogenated alkanes) is 1. The van der Waals surface area contributed by atoms with E-state index in [2.05, 4.69) is 13.8 Å². The molecule has 1 atom stereocenters. The average Bonchev–Trinajstić information content (AvgIpc) is 2.14. The molecule has 0 fully saturated rings. The Hall–Kier alpha value is -0.860. The molecular weight excluding hydrogens is 190 g/mol. The van der Waals surface area contributed by atoms with Crippen molar-refractivity contribution in [2.45, 2.75) is 52.9 Å². The highest BCUT2D eigenvalue weighted by atomic mass is 16.5. The number of nitrogens with one attached hydrogen (secondary N) is 1. The van der Waals surface area contributed by atoms with Gasteiger partial charge >= 0.3 is 5.97 Å². The predicted molar refractivity (Wildman–Crippen MR) is 62.3 cm³/mol. The summed E-state index contributed by atoms with van der Waals surface area (Å²) < 4.78 is 4.80. The van der Waals surface area contributed by atoms with Gasteiger partial charge in [0.15, 0.2) is 0 Å². The number of rotatable bonds is 8. The Morgan fingerprint density at radius 3 is 2.60 bits per heavy atom. The van der Waals surface area contributed by atoms with Crippen LogP contribution in [0.2, 0.25) is 0 Å². The zero-order valence-electron chi connectivity index (χ0n) is 10.1. The summed E-state index contributed by atoms with van der Waals surface area (Å²) in [5.74, 6) is 0.233. The molecule has 0 aromatic heterocycles. The summed E-state index contributed by atoms with van der Waals surface area (Å²) in [4.78, 5) is 11.1. The van der Waals surface area contributed by atoms with E-state index in [-0.39, 0.29) is 12.4 Å². The molecule has 0 heterocycles. The number of hydrogen-bond acceptors (Lipinski definition) is 3. The molecular formula is C12H23NO2. The molecule has 0 rings (SSSR count). The second-order valence-electron chi connectivity index (χ2n) is 4.04. The van der Waals surface area contributed by atoms with Crippen molar-refractivity contribution in [1.82, 2.24) is 0 Å². The van der Waals surface area contributed by atoms with Gasteiger partial charge in [-0.15, -0.1) is 0 Å². The SMILES string of the molecule is CCCC[C@@H](C)CC(=N)CC(=O)OCC. The standard InChI is InChI=1S/C12H23NO2/c1-4-6-7-10(3)8-11(13)9-12(14)15-5-2/h10,13H,4-9H2,1-3H3/t10-/m1/s1. The molecule has 0 spiro atoms. The molecule has 88 valence electrons. The first kappa shape index (κ1) is 14.1. The van der Waals surface area contributed by atoms with Gasteiger partial charge in [-0.3, -0.25) is 4.79 Å². The molecule has 0 aromatic carbocycles. The molecule has 0 aliphatic heterocycles. The van der Waals surface area contributed by atoms with Gasteiger partial charge in [0.05, 0.1) is 13.0 Å². The van der Waals surface area contributed by atoms with Crippen LogP contribution in [-0.2, 0) is 9.53 Å². The van der Waals surface area contributed by atoms with Gasteiger partial charge in [0.25, 0.3) is 0 Å². The van der Waals surface area contributed by atoms with Crippen molar-refractivity contribution >= 4 is 11.7 Å². The number of ether oxygens (including phenoxy) is 1. The van der Waals surface area contributed by atoms with E-state index >= 15 is 0 Å². The molecule has 0 aromatic rings. The molecule has 0 amide bonds. The van der Waals surface area contributed by atoms with Crippen molar-refractivity contribution in [3.8, 4) is 0 Å². The summed E-state index contributed by atoms with van der Waals surface area (Å²) in [7, 11) is 0. The van der Waals surface area contributed by atoms with Crippen LogP contribution in [0.1, 0.15) is 52.9 Å². The van der Waals surface area contributed by atoms with Crippen molar-refractivity contribution in [1.29, 1.82) is 5.41 Å². The van der Waals surface area contributed by atoms with Crippen LogP contribution in [0, 0.1) is 11.3 Å². The van der Waals surface area contributed by atoms with E-state index in [1.165, 1.54) is 12.8 Å². The van der Waals surface area contributed by atoms with Gasteiger partial charge in [0.2, 0.25) is 0 Å². The second-order valence-corrected chi connectivity index (χ2v) is 4.04. The highest BCUT2D eigenvalue weighted by Gasteiger charge is 2.10. The van der Waals surface area contributed by atoms with Crippen molar-refractivity contribution < 1.29 is 9.53 Å². The Morgan fingerprint density at radius 2 is 2.07 bits per heavy atom. The van der Waals surface area contributed by atoms with Crippen LogP contribution in [0.3, 0.4) is 0 Å². The first-order valence-electron chi connectivity index (χ1n) is 5.82. The molecule has 0 aliphatic carbocycles. The lowest BCUT2D eigenvalue weighted by Gasteiger charge is -2.11. The van der Waals surface area contributed by atoms with Gasteiger partial charge in [-0.25, -0.2) is 0 Å². The van der Waals surface area contributed by atoms with Crippen LogP contribution in [-0.4, -0.2) is 18.3 Å². The van der Waals surface area contributed by atoms with Crippen LogP contribution in [0.15, 0.2) is 0 Å². The Bertz CT molecular complexity index is 202. The van der Waals surface area contributed by atoms with E-state index in [9.17, 15) is 4.79 Å². The van der Waals surface area contributed by atoms with Crippen LogP contribution >= 0.6 is 0 Å². The minimum absolute atomic E-state index is 0.157. The quantitative estimate of drug-likeness (QED) is 0.497. The Morgan fingerprint density at radius 1 is 1.40 bits per heavy atom. The van der Waals surface area contributed by atoms with Crippen molar-refractivity contribution in [2.24, 2.45) is 5.92 Å². The summed E-state index contributed by atoms with van der Waals surface area (Å²) in [6.45, 7) is 6.48. The normalized spacial score (nSPS) is 12.2. The minimum atomic E-state index is -0.273. The van der Waals surface area contributed by atoms with Gasteiger partial charge in [-0.1, -0.05) is 33.1 Å². The van der Waals surface area contributed by atoms with E-state index in [0.717, 1.165) is 12.8 Å². The monoisotopic (exact) mass is 213 g/mol. The first-order chi connectivity index (χ1) is 7.10. The van der Waals surface area contributed by atoms with Crippen LogP contribution in [0.25, 0.3) is 0 Å². The maximum atomic E-state index is 11.1. The fourth-order valence-corrected chi connectivity index (χ4v) is 1.53. The third-order valence-electron chi connectivity index (χ3n) is 2.31. The number of carbonyl (C=O) groups is 1. The summed E-state index contributed by atoms with van der Waals surface area (Å²) >= 11 is 0. The predicted octanol–water partition coefficient (Wildman–Crippen LogP) is 3.18. The smallest absolute Gasteiger partial charge is 0.311 e. The summed E-state index contributed by atoms with van der Waals surface area (Å²) in [6, 6.07) is 0. The molecule has 0 aliphatic rings. The Kier molecular flexibility index (Phi) is 7.96. The molecule has 0 bridgehead atoms. The highest BCUT2D eigenvalue weighted by molar-refractivity contribution is 5.97. The third kappa shape index (κ3) is 8.16. The zero-order valence-corrected chi connectivity index (χ0v) is 10.1. The van der Waals surface area contributed by atoms with Crippen molar-refractivity contribution in [2.75, 3.05) is 6.61 Å². The van der Waals surface area contributed by atoms with E-state index < -0.39 is 0 Å². The van der Waals surface area contributed by atoms with Crippen LogP contribution in [0.4, 0.5) is 0 Å². The van der Waals surface area contributed by atoms with E-state index in [1.807, 2.05) is 0 Å². The molecule has 0 saturated carbocycles. The Balaban J connectivity index is 3.68. The fraction of sp³-hybridized carbons (Fsp3) is 0.833. The van der Waals surface area contributed by atoms with Gasteiger partial charge in [0, 0.05) is 5.71 Å². The zero-order chi connectivity index (χ0) is 11.7. The molecule has 1 N–H and O–H groups in total. The second kappa shape index (κ2) is 8.45. The van der Waals surface area contributed by atoms with Crippen molar-refractivity contribution in [3.05, 3.63) is 0 Å². The average molecular weight is 213 g/mol. The van der Waals surface area contributed by atoms with Gasteiger partial charge in [0.1, 0.15) is 0 Å². The maximum Gasteiger partial charge on any atom is 0.311 e. The minimum Gasteiger partial charge on any atom is -0.466 e. The first-order valence-corrected chi connectivity index (χ1v) is 5.82. The third-order valence-corrected chi connectivity index (χ3v) is 2.31. The summed E-state index contributed by atoms with van der Waals surface area (Å²) in [5, 5.41) is 7.66. The van der Waals surface area contributed by atoms with Gasteiger partial charge < -0.3 is 10.1 Å². The highest BCUT2D eigenvalue weighted by Crippen LogP contribution is 2.13. The number of carbonyl (C=O) groups excluding carboxylic acids is 1. The Labute approximate surface area is 92.7 Å². The molecule has 0 saturated heterocycles. The van der Waals surface area contributed by atoms with Gasteiger partial charge in [-0.2, -0.15) is 0 Å². The van der Waals surface area contributed by atoms with Gasteiger partial charge in [-0.05, 0) is 19.3 Å². The van der Waals surface area contributed by atoms with E-state index in [0.29, 0.717) is 18.2 Å². The van der Waals surface area contributed by atoms with Crippen LogP contribution in [0.5, 0.6) is 0 Å². The fourth-order valence-electron chi connectivity index (χ4n) is 1.53. The lowest BCUT2D eigenvalue weighted by atomic mass is 9.97. The number of hydrogen-bond donors (Lipinski definition) is 1. The molecule has 15 heavy (non-hydrogen) atoms. The summed E-state index contributed by atoms with van der Waals surface area (Å²) in [6.07, 6.45) is 4.41. The summed E-state index contributed by atoms with van der Waals surface area (Å²) in [5.41, 5.74) is 0.497. The molecule has 3 nitrogen and oxygen atoms in total. The molecule has 3 heteroatoms. The molecule has 0 unspecified atom stereocenters. The van der Waals surface area contributed by atoms with Crippen LogP contribution < -0.4 is 0 Å². The van der Waals surface area contributed by atoms with E-state index in [4.69, 9.17) is 10.1 Å². The maximum absolute atomic E-state index is 11.1. The molecule has 0 radical (unpaired) electrons. The largest absolute Gasteiger partial charge is 0.466 e. The van der Waals surface area contributed by atoms with Crippen molar-refractivity contribution in [3.63, 3.8) is 0 Å². The lowest BCUT2D eigenvalue weighted by Crippen LogP contribution is -2.13. The number of esters is 1.